The summed E-state index contributed by atoms with van der Waals surface area (Å²) in [5, 5.41) is 89.5. The van der Waals surface area contributed by atoms with Crippen molar-refractivity contribution in [2.75, 3.05) is 13.2 Å². The van der Waals surface area contributed by atoms with E-state index in [-0.39, 0.29) is 22.6 Å². The molecule has 8 N–H and O–H groups in total. The summed E-state index contributed by atoms with van der Waals surface area (Å²) in [6, 6.07) is 12.8. The molecule has 10 unspecified atom stereocenters. The van der Waals surface area contributed by atoms with Gasteiger partial charge in [-0.1, -0.05) is 18.2 Å². The van der Waals surface area contributed by atoms with Crippen molar-refractivity contribution >= 4 is 0 Å². The Morgan fingerprint density at radius 3 is 1.79 bits per heavy atom. The second-order valence-corrected chi connectivity index (χ2v) is 8.95. The molecule has 13 heteroatoms. The molecule has 0 aromatic heterocycles. The molecule has 0 amide bonds. The predicted molar refractivity (Wildman–Crippen MR) is 125 cm³/mol. The van der Waals surface area contributed by atoms with Gasteiger partial charge in [-0.05, 0) is 24.3 Å². The highest BCUT2D eigenvalue weighted by Gasteiger charge is 2.46. The molecular formula is C25H29NO12. The van der Waals surface area contributed by atoms with Gasteiger partial charge in [-0.15, -0.1) is 0 Å². The summed E-state index contributed by atoms with van der Waals surface area (Å²) in [6.07, 6.45) is -15.2. The van der Waals surface area contributed by atoms with Crippen LogP contribution in [0.25, 0.3) is 11.1 Å². The summed E-state index contributed by atoms with van der Waals surface area (Å²) >= 11 is 0. The summed E-state index contributed by atoms with van der Waals surface area (Å²) in [7, 11) is 0. The molecule has 2 saturated heterocycles. The van der Waals surface area contributed by atoms with Crippen LogP contribution < -0.4 is 9.47 Å². The second kappa shape index (κ2) is 11.9. The lowest BCUT2D eigenvalue weighted by Gasteiger charge is -2.40. The Hall–Kier alpha value is -2.87. The third-order valence-corrected chi connectivity index (χ3v) is 6.48. The number of nitrogens with zero attached hydrogens (tertiary/aromatic N) is 1. The molecule has 0 radical (unpaired) electrons. The van der Waals surface area contributed by atoms with E-state index in [9.17, 15) is 46.1 Å². The van der Waals surface area contributed by atoms with Crippen LogP contribution in [0.1, 0.15) is 5.56 Å². The first-order valence-electron chi connectivity index (χ1n) is 11.8. The monoisotopic (exact) mass is 535 g/mol. The first-order valence-corrected chi connectivity index (χ1v) is 11.8. The summed E-state index contributed by atoms with van der Waals surface area (Å²) in [4.78, 5) is 0. The zero-order valence-corrected chi connectivity index (χ0v) is 19.9. The fourth-order valence-electron chi connectivity index (χ4n) is 4.30. The van der Waals surface area contributed by atoms with Gasteiger partial charge in [0, 0.05) is 11.1 Å². The van der Waals surface area contributed by atoms with Crippen LogP contribution in [0.5, 0.6) is 11.5 Å². The Morgan fingerprint density at radius 2 is 1.24 bits per heavy atom. The van der Waals surface area contributed by atoms with Gasteiger partial charge in [0.15, 0.2) is 0 Å². The molecule has 10 atom stereocenters. The molecule has 4 rings (SSSR count). The number of ether oxygens (including phenoxy) is 4. The van der Waals surface area contributed by atoms with Gasteiger partial charge in [0.05, 0.1) is 24.8 Å². The number of aliphatic hydroxyl groups excluding tert-OH is 8. The molecule has 2 aromatic carbocycles. The Bertz CT molecular complexity index is 1140. The van der Waals surface area contributed by atoms with Crippen molar-refractivity contribution in [1.29, 1.82) is 5.26 Å². The van der Waals surface area contributed by atoms with Crippen molar-refractivity contribution in [2.45, 2.75) is 61.4 Å². The van der Waals surface area contributed by atoms with E-state index in [0.717, 1.165) is 0 Å². The number of benzene rings is 2. The van der Waals surface area contributed by atoms with Gasteiger partial charge >= 0.3 is 0 Å². The number of rotatable bonds is 7. The average molecular weight is 536 g/mol. The van der Waals surface area contributed by atoms with E-state index >= 15 is 0 Å². The molecule has 2 fully saturated rings. The Balaban J connectivity index is 1.68. The Labute approximate surface area is 216 Å². The van der Waals surface area contributed by atoms with Crippen LogP contribution in [0.2, 0.25) is 0 Å². The van der Waals surface area contributed by atoms with Crippen molar-refractivity contribution in [2.24, 2.45) is 0 Å². The minimum Gasteiger partial charge on any atom is -0.462 e. The highest BCUT2D eigenvalue weighted by molar-refractivity contribution is 5.77. The fraction of sp³-hybridized carbons (Fsp3) is 0.480. The summed E-state index contributed by atoms with van der Waals surface area (Å²) in [5.41, 5.74) is 0.895. The molecule has 206 valence electrons. The third kappa shape index (κ3) is 5.46. The predicted octanol–water partition coefficient (Wildman–Crippen LogP) is -2.42. The first kappa shape index (κ1) is 28.1. The lowest BCUT2D eigenvalue weighted by molar-refractivity contribution is -0.278. The summed E-state index contributed by atoms with van der Waals surface area (Å²) in [5.74, 6) is 0.149. The molecule has 0 aliphatic carbocycles. The lowest BCUT2D eigenvalue weighted by Crippen LogP contribution is -2.60. The maximum absolute atomic E-state index is 10.4. The van der Waals surface area contributed by atoms with E-state index < -0.39 is 74.6 Å². The van der Waals surface area contributed by atoms with E-state index in [0.29, 0.717) is 5.56 Å². The standard InChI is InChI=1S/C25H29NO12/c26-8-11-3-1-2-4-13(11)14-7-12(35-24-22(33)20(31)18(29)16(9-27)37-24)5-6-15(14)36-25-23(34)21(32)19(30)17(10-28)38-25/h1-7,16-25,27-34H,9-10H2. The first-order chi connectivity index (χ1) is 18.2. The molecular weight excluding hydrogens is 506 g/mol. The molecule has 0 spiro atoms. The van der Waals surface area contributed by atoms with Gasteiger partial charge in [0.2, 0.25) is 12.6 Å². The highest BCUT2D eigenvalue weighted by Crippen LogP contribution is 2.38. The van der Waals surface area contributed by atoms with Crippen LogP contribution in [-0.4, -0.2) is 115 Å². The SMILES string of the molecule is N#Cc1ccccc1-c1cc(OC2OC(CO)C(O)C(O)C2O)ccc1OC1OC(CO)C(O)C(O)C1O. The zero-order valence-electron chi connectivity index (χ0n) is 19.9. The highest BCUT2D eigenvalue weighted by atomic mass is 16.7. The van der Waals surface area contributed by atoms with Crippen LogP contribution in [0.4, 0.5) is 0 Å². The molecule has 0 bridgehead atoms. The second-order valence-electron chi connectivity index (χ2n) is 8.95. The topological polar surface area (TPSA) is 223 Å². The summed E-state index contributed by atoms with van der Waals surface area (Å²) in [6.45, 7) is -1.29. The van der Waals surface area contributed by atoms with Crippen molar-refractivity contribution < 1.29 is 59.8 Å². The van der Waals surface area contributed by atoms with Crippen LogP contribution in [-0.2, 0) is 9.47 Å². The molecule has 13 nitrogen and oxygen atoms in total. The van der Waals surface area contributed by atoms with Crippen LogP contribution in [0, 0.1) is 11.3 Å². The molecule has 2 aliphatic heterocycles. The minimum absolute atomic E-state index is 0.0678. The van der Waals surface area contributed by atoms with Crippen LogP contribution >= 0.6 is 0 Å². The largest absolute Gasteiger partial charge is 0.462 e. The van der Waals surface area contributed by atoms with Gasteiger partial charge in [0.1, 0.15) is 60.3 Å². The normalized spacial score (nSPS) is 35.3. The average Bonchev–Trinajstić information content (AvgIpc) is 2.94. The maximum Gasteiger partial charge on any atom is 0.229 e. The van der Waals surface area contributed by atoms with E-state index in [1.165, 1.54) is 18.2 Å². The maximum atomic E-state index is 10.4. The van der Waals surface area contributed by atoms with E-state index in [2.05, 4.69) is 6.07 Å². The van der Waals surface area contributed by atoms with Crippen LogP contribution in [0.3, 0.4) is 0 Å². The van der Waals surface area contributed by atoms with E-state index in [1.807, 2.05) is 0 Å². The van der Waals surface area contributed by atoms with Crippen molar-refractivity contribution in [1.82, 2.24) is 0 Å². The van der Waals surface area contributed by atoms with Gasteiger partial charge in [-0.2, -0.15) is 5.26 Å². The fourth-order valence-corrected chi connectivity index (χ4v) is 4.30. The van der Waals surface area contributed by atoms with Gasteiger partial charge in [-0.3, -0.25) is 0 Å². The van der Waals surface area contributed by atoms with Crippen molar-refractivity contribution in [3.63, 3.8) is 0 Å². The Kier molecular flexibility index (Phi) is 8.81. The van der Waals surface area contributed by atoms with E-state index in [4.69, 9.17) is 18.9 Å². The molecule has 2 aliphatic rings. The molecule has 38 heavy (non-hydrogen) atoms. The molecule has 2 heterocycles. The van der Waals surface area contributed by atoms with Gasteiger partial charge in [0.25, 0.3) is 0 Å². The van der Waals surface area contributed by atoms with E-state index in [1.54, 1.807) is 24.3 Å². The lowest BCUT2D eigenvalue weighted by atomic mass is 9.98. The number of aliphatic hydroxyl groups is 8. The number of hydrogen-bond acceptors (Lipinski definition) is 13. The zero-order chi connectivity index (χ0) is 27.6. The van der Waals surface area contributed by atoms with Crippen LogP contribution in [0.15, 0.2) is 42.5 Å². The third-order valence-electron chi connectivity index (χ3n) is 6.48. The summed E-state index contributed by atoms with van der Waals surface area (Å²) < 4.78 is 22.4. The number of hydrogen-bond donors (Lipinski definition) is 8. The molecule has 0 saturated carbocycles. The Morgan fingerprint density at radius 1 is 0.684 bits per heavy atom. The van der Waals surface area contributed by atoms with Crippen molar-refractivity contribution in [3.8, 4) is 28.7 Å². The van der Waals surface area contributed by atoms with Gasteiger partial charge < -0.3 is 59.8 Å². The van der Waals surface area contributed by atoms with Gasteiger partial charge in [-0.25, -0.2) is 0 Å². The quantitative estimate of drug-likeness (QED) is 0.185. The number of nitriles is 1. The smallest absolute Gasteiger partial charge is 0.229 e. The van der Waals surface area contributed by atoms with Crippen molar-refractivity contribution in [3.05, 3.63) is 48.0 Å². The molecule has 2 aromatic rings. The minimum atomic E-state index is -1.68.